The minimum absolute atomic E-state index is 0.733. The number of hydrogen-bond donors (Lipinski definition) is 0. The molecule has 0 aliphatic heterocycles. The zero-order valence-corrected chi connectivity index (χ0v) is 5.56. The molecule has 0 amide bonds. The van der Waals surface area contributed by atoms with Gasteiger partial charge in [-0.25, -0.2) is 9.97 Å². The minimum Gasteiger partial charge on any atom is -0.399 e. The van der Waals surface area contributed by atoms with E-state index in [2.05, 4.69) is 20.0 Å². The summed E-state index contributed by atoms with van der Waals surface area (Å²) in [5, 5.41) is 3.53. The first-order valence-electron chi connectivity index (χ1n) is 2.76. The Morgan fingerprint density at radius 3 is 3.20 bits per heavy atom. The highest BCUT2D eigenvalue weighted by Gasteiger charge is 1.83. The van der Waals surface area contributed by atoms with Crippen LogP contribution in [0.1, 0.15) is 5.69 Å². The third-order valence-corrected chi connectivity index (χ3v) is 0.895. The summed E-state index contributed by atoms with van der Waals surface area (Å²) in [5.74, 6) is 0. The third kappa shape index (κ3) is 1.81. The van der Waals surface area contributed by atoms with Crippen LogP contribution in [0.3, 0.4) is 0 Å². The van der Waals surface area contributed by atoms with Crippen molar-refractivity contribution in [2.75, 3.05) is 7.11 Å². The second-order valence-corrected chi connectivity index (χ2v) is 1.55. The van der Waals surface area contributed by atoms with Gasteiger partial charge >= 0.3 is 0 Å². The molecular formula is C6H7N3O. The Morgan fingerprint density at radius 2 is 2.60 bits per heavy atom. The van der Waals surface area contributed by atoms with Gasteiger partial charge in [-0.1, -0.05) is 5.16 Å². The van der Waals surface area contributed by atoms with E-state index in [0.29, 0.717) is 0 Å². The summed E-state index contributed by atoms with van der Waals surface area (Å²) in [5.41, 5.74) is 0.733. The summed E-state index contributed by atoms with van der Waals surface area (Å²) >= 11 is 0. The number of nitrogens with zero attached hydrogens (tertiary/aromatic N) is 3. The molecule has 0 N–H and O–H groups in total. The summed E-state index contributed by atoms with van der Waals surface area (Å²) in [4.78, 5) is 12.1. The standard InChI is InChI=1S/C6H7N3O/c1-10-9-4-6-2-3-7-5-8-6/h2-5H,1H3. The van der Waals surface area contributed by atoms with Gasteiger partial charge in [0.25, 0.3) is 0 Å². The van der Waals surface area contributed by atoms with Gasteiger partial charge in [0.15, 0.2) is 0 Å². The van der Waals surface area contributed by atoms with E-state index in [9.17, 15) is 0 Å². The average molecular weight is 137 g/mol. The Hall–Kier alpha value is -1.45. The summed E-state index contributed by atoms with van der Waals surface area (Å²) in [6.07, 6.45) is 4.61. The first-order chi connectivity index (χ1) is 4.93. The van der Waals surface area contributed by atoms with Gasteiger partial charge in [-0.2, -0.15) is 0 Å². The average Bonchev–Trinajstić information content (AvgIpc) is 2.03. The maximum atomic E-state index is 4.45. The highest BCUT2D eigenvalue weighted by Crippen LogP contribution is 1.84. The van der Waals surface area contributed by atoms with Crippen LogP contribution in [0.5, 0.6) is 0 Å². The van der Waals surface area contributed by atoms with Crippen LogP contribution in [0, 0.1) is 0 Å². The molecule has 0 aromatic carbocycles. The monoisotopic (exact) mass is 137 g/mol. The fourth-order valence-electron chi connectivity index (χ4n) is 0.484. The van der Waals surface area contributed by atoms with Gasteiger partial charge < -0.3 is 4.84 Å². The topological polar surface area (TPSA) is 47.4 Å². The fourth-order valence-corrected chi connectivity index (χ4v) is 0.484. The molecule has 1 rings (SSSR count). The molecular weight excluding hydrogens is 130 g/mol. The number of aromatic nitrogens is 2. The highest BCUT2D eigenvalue weighted by atomic mass is 16.6. The molecule has 0 aliphatic rings. The number of oxime groups is 1. The van der Waals surface area contributed by atoms with Crippen LogP contribution in [0.4, 0.5) is 0 Å². The van der Waals surface area contributed by atoms with Crippen LogP contribution in [-0.2, 0) is 4.84 Å². The SMILES string of the molecule is CON=Cc1ccncn1. The summed E-state index contributed by atoms with van der Waals surface area (Å²) in [7, 11) is 1.48. The molecule has 0 atom stereocenters. The van der Waals surface area contributed by atoms with Crippen LogP contribution < -0.4 is 0 Å². The Balaban J connectivity index is 2.67. The fraction of sp³-hybridized carbons (Fsp3) is 0.167. The quantitative estimate of drug-likeness (QED) is 0.439. The molecule has 0 saturated carbocycles. The molecule has 0 radical (unpaired) electrons. The smallest absolute Gasteiger partial charge is 0.116 e. The lowest BCUT2D eigenvalue weighted by atomic mass is 10.4. The third-order valence-electron chi connectivity index (χ3n) is 0.895. The lowest BCUT2D eigenvalue weighted by Crippen LogP contribution is -1.86. The van der Waals surface area contributed by atoms with E-state index in [4.69, 9.17) is 0 Å². The van der Waals surface area contributed by atoms with E-state index in [1.165, 1.54) is 19.7 Å². The molecule has 1 aromatic heterocycles. The van der Waals surface area contributed by atoms with E-state index in [-0.39, 0.29) is 0 Å². The lowest BCUT2D eigenvalue weighted by molar-refractivity contribution is 0.215. The predicted molar refractivity (Wildman–Crippen MR) is 36.6 cm³/mol. The van der Waals surface area contributed by atoms with E-state index in [1.54, 1.807) is 12.3 Å². The zero-order chi connectivity index (χ0) is 7.23. The second-order valence-electron chi connectivity index (χ2n) is 1.55. The van der Waals surface area contributed by atoms with E-state index in [1.807, 2.05) is 0 Å². The lowest BCUT2D eigenvalue weighted by Gasteiger charge is -1.87. The predicted octanol–water partition coefficient (Wildman–Crippen LogP) is 0.457. The largest absolute Gasteiger partial charge is 0.399 e. The highest BCUT2D eigenvalue weighted by molar-refractivity contribution is 5.75. The van der Waals surface area contributed by atoms with Crippen LogP contribution in [-0.4, -0.2) is 23.3 Å². The first-order valence-corrected chi connectivity index (χ1v) is 2.76. The molecule has 0 saturated heterocycles. The van der Waals surface area contributed by atoms with Gasteiger partial charge in [-0.15, -0.1) is 0 Å². The molecule has 1 heterocycles. The van der Waals surface area contributed by atoms with Crippen molar-refractivity contribution in [2.24, 2.45) is 5.16 Å². The molecule has 0 unspecified atom stereocenters. The molecule has 52 valence electrons. The van der Waals surface area contributed by atoms with Gasteiger partial charge in [0, 0.05) is 6.20 Å². The van der Waals surface area contributed by atoms with Crippen molar-refractivity contribution in [1.82, 2.24) is 9.97 Å². The van der Waals surface area contributed by atoms with Crippen molar-refractivity contribution in [3.05, 3.63) is 24.3 Å². The maximum Gasteiger partial charge on any atom is 0.116 e. The summed E-state index contributed by atoms with van der Waals surface area (Å²) < 4.78 is 0. The van der Waals surface area contributed by atoms with Crippen molar-refractivity contribution in [3.8, 4) is 0 Å². The van der Waals surface area contributed by atoms with Gasteiger partial charge in [0.05, 0.1) is 11.9 Å². The van der Waals surface area contributed by atoms with Crippen LogP contribution in [0.2, 0.25) is 0 Å². The van der Waals surface area contributed by atoms with Crippen molar-refractivity contribution >= 4 is 6.21 Å². The summed E-state index contributed by atoms with van der Waals surface area (Å²) in [6, 6.07) is 1.74. The molecule has 10 heavy (non-hydrogen) atoms. The second kappa shape index (κ2) is 3.55. The van der Waals surface area contributed by atoms with Crippen molar-refractivity contribution in [3.63, 3.8) is 0 Å². The molecule has 0 fully saturated rings. The van der Waals surface area contributed by atoms with Crippen LogP contribution in [0.25, 0.3) is 0 Å². The molecule has 0 spiro atoms. The Morgan fingerprint density at radius 1 is 1.70 bits per heavy atom. The van der Waals surface area contributed by atoms with Crippen molar-refractivity contribution in [1.29, 1.82) is 0 Å². The van der Waals surface area contributed by atoms with Gasteiger partial charge in [0.1, 0.15) is 13.4 Å². The Kier molecular flexibility index (Phi) is 2.37. The summed E-state index contributed by atoms with van der Waals surface area (Å²) in [6.45, 7) is 0. The van der Waals surface area contributed by atoms with Crippen molar-refractivity contribution < 1.29 is 4.84 Å². The van der Waals surface area contributed by atoms with Crippen LogP contribution >= 0.6 is 0 Å². The van der Waals surface area contributed by atoms with Gasteiger partial charge in [-0.3, -0.25) is 0 Å². The number of rotatable bonds is 2. The van der Waals surface area contributed by atoms with Gasteiger partial charge in [0.2, 0.25) is 0 Å². The zero-order valence-electron chi connectivity index (χ0n) is 5.56. The number of hydrogen-bond acceptors (Lipinski definition) is 4. The van der Waals surface area contributed by atoms with Gasteiger partial charge in [-0.05, 0) is 6.07 Å². The first kappa shape index (κ1) is 6.67. The van der Waals surface area contributed by atoms with Crippen LogP contribution in [0.15, 0.2) is 23.7 Å². The van der Waals surface area contributed by atoms with E-state index < -0.39 is 0 Å². The molecule has 1 aromatic rings. The molecule has 0 bridgehead atoms. The Bertz CT molecular complexity index is 209. The molecule has 0 aliphatic carbocycles. The minimum atomic E-state index is 0.733. The normalized spacial score (nSPS) is 10.1. The van der Waals surface area contributed by atoms with E-state index >= 15 is 0 Å². The molecule has 4 nitrogen and oxygen atoms in total. The maximum absolute atomic E-state index is 4.45. The molecule has 4 heteroatoms. The van der Waals surface area contributed by atoms with E-state index in [0.717, 1.165) is 5.69 Å². The Labute approximate surface area is 58.6 Å². The van der Waals surface area contributed by atoms with Crippen molar-refractivity contribution in [2.45, 2.75) is 0 Å².